The molecule has 31 heavy (non-hydrogen) atoms. The second-order valence-electron chi connectivity index (χ2n) is 7.47. The number of aromatic nitrogens is 2. The predicted molar refractivity (Wildman–Crippen MR) is 128 cm³/mol. The highest BCUT2D eigenvalue weighted by atomic mass is 35.5. The molecular weight excluding hydrogens is 477 g/mol. The van der Waals surface area contributed by atoms with E-state index in [0.717, 1.165) is 35.7 Å². The van der Waals surface area contributed by atoms with E-state index in [1.807, 2.05) is 4.31 Å². The van der Waals surface area contributed by atoms with Crippen molar-refractivity contribution in [2.45, 2.75) is 19.9 Å². The topological polar surface area (TPSA) is 70.6 Å². The van der Waals surface area contributed by atoms with Gasteiger partial charge in [-0.05, 0) is 36.9 Å². The van der Waals surface area contributed by atoms with Gasteiger partial charge in [-0.15, -0.1) is 11.3 Å². The van der Waals surface area contributed by atoms with Crippen molar-refractivity contribution in [3.05, 3.63) is 45.5 Å². The maximum Gasteiger partial charge on any atom is 0.290 e. The number of piperazine rings is 1. The molecule has 3 heterocycles. The minimum Gasteiger partial charge on any atom is -0.389 e. The zero-order valence-corrected chi connectivity index (χ0v) is 20.3. The summed E-state index contributed by atoms with van der Waals surface area (Å²) >= 11 is 12.0. The van der Waals surface area contributed by atoms with E-state index in [-0.39, 0.29) is 6.04 Å². The predicted octanol–water partition coefficient (Wildman–Crippen LogP) is 4.38. The van der Waals surface area contributed by atoms with Crippen LogP contribution in [0.1, 0.15) is 12.5 Å². The Hall–Kier alpha value is -1.49. The molecule has 1 N–H and O–H groups in total. The van der Waals surface area contributed by atoms with Gasteiger partial charge in [-0.25, -0.2) is 9.97 Å². The average molecular weight is 500 g/mol. The highest BCUT2D eigenvalue weighted by Gasteiger charge is 2.24. The average Bonchev–Trinajstić information content (AvgIpc) is 3.13. The van der Waals surface area contributed by atoms with Gasteiger partial charge in [0.1, 0.15) is 17.9 Å². The van der Waals surface area contributed by atoms with Crippen LogP contribution in [0.25, 0.3) is 10.2 Å². The van der Waals surface area contributed by atoms with Gasteiger partial charge < -0.3 is 9.50 Å². The third-order valence-electron chi connectivity index (χ3n) is 5.05. The van der Waals surface area contributed by atoms with E-state index in [2.05, 4.69) is 39.4 Å². The molecule has 1 aliphatic rings. The lowest BCUT2D eigenvalue weighted by Gasteiger charge is -2.34. The van der Waals surface area contributed by atoms with Crippen molar-refractivity contribution in [3.63, 3.8) is 0 Å². The van der Waals surface area contributed by atoms with Crippen LogP contribution in [0.2, 0.25) is 10.0 Å². The van der Waals surface area contributed by atoms with Crippen molar-refractivity contribution in [2.75, 3.05) is 38.0 Å². The molecule has 0 spiro atoms. The maximum atomic E-state index is 12.6. The third-order valence-corrected chi connectivity index (χ3v) is 8.00. The summed E-state index contributed by atoms with van der Waals surface area (Å²) in [6.45, 7) is 7.99. The molecule has 0 radical (unpaired) electrons. The molecule has 1 saturated heterocycles. The largest absolute Gasteiger partial charge is 0.389 e. The fraction of sp³-hybridized carbons (Fsp3) is 0.400. The van der Waals surface area contributed by atoms with Gasteiger partial charge in [0.2, 0.25) is 0 Å². The number of thiophene rings is 1. The first kappa shape index (κ1) is 22.7. The van der Waals surface area contributed by atoms with E-state index < -0.39 is 11.3 Å². The van der Waals surface area contributed by atoms with Gasteiger partial charge in [-0.3, -0.25) is 4.90 Å². The Balaban J connectivity index is 1.27. The molecule has 0 amide bonds. The number of hydrogen-bond acceptors (Lipinski definition) is 7. The van der Waals surface area contributed by atoms with Crippen molar-refractivity contribution in [1.82, 2.24) is 19.2 Å². The van der Waals surface area contributed by atoms with E-state index in [4.69, 9.17) is 27.4 Å². The number of anilines is 1. The molecular formula is C20H23Cl2N5O2S2. The molecule has 4 rings (SSSR count). The summed E-state index contributed by atoms with van der Waals surface area (Å²) in [4.78, 5) is 11.2. The first-order valence-electron chi connectivity index (χ1n) is 9.88. The molecule has 7 nitrogen and oxygen atoms in total. The highest BCUT2D eigenvalue weighted by Crippen LogP contribution is 2.29. The Bertz CT molecular complexity index is 1090. The van der Waals surface area contributed by atoms with E-state index in [0.29, 0.717) is 28.9 Å². The molecule has 0 bridgehead atoms. The van der Waals surface area contributed by atoms with Crippen LogP contribution in [0, 0.1) is 6.92 Å². The smallest absolute Gasteiger partial charge is 0.290 e. The first-order chi connectivity index (χ1) is 14.9. The van der Waals surface area contributed by atoms with Crippen LogP contribution in [0.5, 0.6) is 5.75 Å². The normalized spacial score (nSPS) is 17.5. The summed E-state index contributed by atoms with van der Waals surface area (Å²) in [5.41, 5.74) is 2.18. The zero-order valence-electron chi connectivity index (χ0n) is 17.2. The van der Waals surface area contributed by atoms with Crippen LogP contribution in [-0.2, 0) is 11.3 Å². The third kappa shape index (κ3) is 5.47. The van der Waals surface area contributed by atoms with E-state index in [9.17, 15) is 4.21 Å². The van der Waals surface area contributed by atoms with E-state index in [1.165, 1.54) is 5.56 Å². The summed E-state index contributed by atoms with van der Waals surface area (Å²) < 4.78 is 21.0. The van der Waals surface area contributed by atoms with Gasteiger partial charge in [-0.2, -0.15) is 8.51 Å². The van der Waals surface area contributed by atoms with Crippen molar-refractivity contribution in [1.29, 1.82) is 0 Å². The molecule has 1 unspecified atom stereocenters. The van der Waals surface area contributed by atoms with E-state index in [1.54, 1.807) is 35.9 Å². The molecule has 166 valence electrons. The SMILES string of the molecule is Cc1csc2c(N[C@@H](C)CN3CCN(S(=O)Oc4ccc(Cl)c(Cl)c4)CC3)ncnc12. The molecule has 0 saturated carbocycles. The Morgan fingerprint density at radius 3 is 2.74 bits per heavy atom. The molecule has 1 aromatic carbocycles. The van der Waals surface area contributed by atoms with Crippen LogP contribution < -0.4 is 9.50 Å². The Labute approximate surface area is 198 Å². The lowest BCUT2D eigenvalue weighted by molar-refractivity contribution is 0.183. The van der Waals surface area contributed by atoms with Crippen molar-refractivity contribution in [3.8, 4) is 5.75 Å². The number of benzene rings is 1. The molecule has 3 aromatic rings. The van der Waals surface area contributed by atoms with Gasteiger partial charge in [0.05, 0.1) is 20.3 Å². The van der Waals surface area contributed by atoms with Crippen molar-refractivity contribution in [2.24, 2.45) is 0 Å². The number of fused-ring (bicyclic) bond motifs is 1. The van der Waals surface area contributed by atoms with Crippen molar-refractivity contribution >= 4 is 61.8 Å². The minimum absolute atomic E-state index is 0.213. The maximum absolute atomic E-state index is 12.6. The fourth-order valence-electron chi connectivity index (χ4n) is 3.46. The van der Waals surface area contributed by atoms with Gasteiger partial charge in [0.25, 0.3) is 11.3 Å². The summed E-state index contributed by atoms with van der Waals surface area (Å²) in [5, 5.41) is 6.44. The summed E-state index contributed by atoms with van der Waals surface area (Å²) in [7, 11) is 0. The monoisotopic (exact) mass is 499 g/mol. The molecule has 1 fully saturated rings. The van der Waals surface area contributed by atoms with Crippen LogP contribution >= 0.6 is 34.5 Å². The molecule has 2 atom stereocenters. The number of hydrogen-bond donors (Lipinski definition) is 1. The highest BCUT2D eigenvalue weighted by molar-refractivity contribution is 7.78. The number of nitrogens with one attached hydrogen (secondary N) is 1. The van der Waals surface area contributed by atoms with Crippen LogP contribution in [0.4, 0.5) is 5.82 Å². The Morgan fingerprint density at radius 1 is 1.23 bits per heavy atom. The Morgan fingerprint density at radius 2 is 2.00 bits per heavy atom. The zero-order chi connectivity index (χ0) is 22.0. The van der Waals surface area contributed by atoms with Crippen LogP contribution in [-0.4, -0.2) is 62.1 Å². The first-order valence-corrected chi connectivity index (χ1v) is 12.6. The molecule has 2 aromatic heterocycles. The molecule has 1 aliphatic heterocycles. The van der Waals surface area contributed by atoms with Gasteiger partial charge in [0, 0.05) is 44.8 Å². The number of aryl methyl sites for hydroxylation is 1. The minimum atomic E-state index is -1.57. The summed E-state index contributed by atoms with van der Waals surface area (Å²) in [6, 6.07) is 5.08. The second-order valence-corrected chi connectivity index (χ2v) is 10.3. The molecule has 0 aliphatic carbocycles. The Kier molecular flexibility index (Phi) is 7.30. The summed E-state index contributed by atoms with van der Waals surface area (Å²) in [5.74, 6) is 1.32. The second kappa shape index (κ2) is 9.97. The van der Waals surface area contributed by atoms with Gasteiger partial charge in [-0.1, -0.05) is 23.2 Å². The number of nitrogens with zero attached hydrogens (tertiary/aromatic N) is 4. The fourth-order valence-corrected chi connectivity index (χ4v) is 5.54. The van der Waals surface area contributed by atoms with Gasteiger partial charge >= 0.3 is 0 Å². The standard InChI is InChI=1S/C20H23Cl2N5O2S2/c1-13-11-30-19-18(13)23-12-24-20(19)25-14(2)10-26-5-7-27(8-6-26)31(28)29-15-3-4-16(21)17(22)9-15/h3-4,9,11-12,14H,5-8,10H2,1-2H3,(H,23,24,25)/t14-,31?/m0/s1. The lowest BCUT2D eigenvalue weighted by atomic mass is 10.2. The van der Waals surface area contributed by atoms with E-state index >= 15 is 0 Å². The molecule has 11 heteroatoms. The van der Waals surface area contributed by atoms with Gasteiger partial charge in [0.15, 0.2) is 0 Å². The van der Waals surface area contributed by atoms with Crippen molar-refractivity contribution < 1.29 is 8.39 Å². The van der Waals surface area contributed by atoms with Crippen LogP contribution in [0.15, 0.2) is 29.9 Å². The van der Waals surface area contributed by atoms with Crippen LogP contribution in [0.3, 0.4) is 0 Å². The number of halogens is 2. The lowest BCUT2D eigenvalue weighted by Crippen LogP contribution is -2.50. The number of rotatable bonds is 7. The summed E-state index contributed by atoms with van der Waals surface area (Å²) in [6.07, 6.45) is 1.61. The quantitative estimate of drug-likeness (QED) is 0.519.